The zero-order chi connectivity index (χ0) is 14.6. The van der Waals surface area contributed by atoms with Crippen LogP contribution in [0.1, 0.15) is 18.1 Å². The van der Waals surface area contributed by atoms with Gasteiger partial charge in [0.05, 0.1) is 18.1 Å². The van der Waals surface area contributed by atoms with Crippen LogP contribution in [0.5, 0.6) is 0 Å². The fourth-order valence-corrected chi connectivity index (χ4v) is 4.04. The maximum absolute atomic E-state index is 11.6. The van der Waals surface area contributed by atoms with E-state index in [1.807, 2.05) is 31.2 Å². The fraction of sp³-hybridized carbons (Fsp3) is 0.467. The van der Waals surface area contributed by atoms with Crippen LogP contribution in [0.2, 0.25) is 0 Å². The quantitative estimate of drug-likeness (QED) is 0.812. The van der Waals surface area contributed by atoms with Gasteiger partial charge in [-0.1, -0.05) is 30.0 Å². The molecule has 2 rings (SSSR count). The Morgan fingerprint density at radius 3 is 2.85 bits per heavy atom. The molecule has 1 heterocycles. The van der Waals surface area contributed by atoms with Crippen LogP contribution in [0.25, 0.3) is 0 Å². The molecule has 0 spiro atoms. The summed E-state index contributed by atoms with van der Waals surface area (Å²) in [7, 11) is -2.87. The van der Waals surface area contributed by atoms with Gasteiger partial charge in [0.1, 0.15) is 0 Å². The summed E-state index contributed by atoms with van der Waals surface area (Å²) in [6, 6.07) is 7.99. The van der Waals surface area contributed by atoms with Crippen LogP contribution >= 0.6 is 0 Å². The van der Waals surface area contributed by atoms with Gasteiger partial charge in [-0.05, 0) is 18.6 Å². The number of hydrogen-bond acceptors (Lipinski definition) is 4. The Morgan fingerprint density at radius 2 is 2.15 bits per heavy atom. The van der Waals surface area contributed by atoms with Crippen molar-refractivity contribution in [2.24, 2.45) is 5.73 Å². The summed E-state index contributed by atoms with van der Waals surface area (Å²) in [5.74, 6) is 6.43. The van der Waals surface area contributed by atoms with Crippen molar-refractivity contribution in [2.45, 2.75) is 19.5 Å². The third-order valence-corrected chi connectivity index (χ3v) is 5.32. The number of hydrogen-bond donors (Lipinski definition) is 1. The first-order valence-electron chi connectivity index (χ1n) is 6.73. The minimum atomic E-state index is -2.87. The molecule has 1 fully saturated rings. The molecule has 1 unspecified atom stereocenters. The molecule has 2 N–H and O–H groups in total. The smallest absolute Gasteiger partial charge is 0.153 e. The minimum absolute atomic E-state index is 0.0456. The molecular formula is C15H20N2O2S. The van der Waals surface area contributed by atoms with Crippen LogP contribution < -0.4 is 5.73 Å². The van der Waals surface area contributed by atoms with E-state index in [0.717, 1.165) is 17.7 Å². The third-order valence-electron chi connectivity index (χ3n) is 3.52. The number of rotatable bonds is 2. The summed E-state index contributed by atoms with van der Waals surface area (Å²) in [5, 5.41) is 0. The largest absolute Gasteiger partial charge is 0.320 e. The second-order valence-corrected chi connectivity index (χ2v) is 7.33. The van der Waals surface area contributed by atoms with Gasteiger partial charge in [0.2, 0.25) is 0 Å². The molecular weight excluding hydrogens is 272 g/mol. The average molecular weight is 292 g/mol. The van der Waals surface area contributed by atoms with Gasteiger partial charge >= 0.3 is 0 Å². The van der Waals surface area contributed by atoms with Crippen molar-refractivity contribution in [1.29, 1.82) is 0 Å². The predicted molar refractivity (Wildman–Crippen MR) is 80.9 cm³/mol. The van der Waals surface area contributed by atoms with Gasteiger partial charge in [-0.3, -0.25) is 4.90 Å². The van der Waals surface area contributed by atoms with E-state index >= 15 is 0 Å². The van der Waals surface area contributed by atoms with Gasteiger partial charge in [-0.25, -0.2) is 8.42 Å². The van der Waals surface area contributed by atoms with Gasteiger partial charge in [0, 0.05) is 24.7 Å². The molecule has 1 saturated heterocycles. The maximum Gasteiger partial charge on any atom is 0.153 e. The van der Waals surface area contributed by atoms with E-state index in [9.17, 15) is 8.42 Å². The van der Waals surface area contributed by atoms with E-state index in [1.165, 1.54) is 0 Å². The molecule has 1 aromatic carbocycles. The van der Waals surface area contributed by atoms with Crippen molar-refractivity contribution in [2.75, 3.05) is 24.6 Å². The molecule has 0 aliphatic carbocycles. The van der Waals surface area contributed by atoms with E-state index in [2.05, 4.69) is 16.7 Å². The van der Waals surface area contributed by atoms with Gasteiger partial charge in [-0.2, -0.15) is 0 Å². The van der Waals surface area contributed by atoms with Gasteiger partial charge in [-0.15, -0.1) is 0 Å². The van der Waals surface area contributed by atoms with Crippen molar-refractivity contribution < 1.29 is 8.42 Å². The normalized spacial score (nSPS) is 22.0. The van der Waals surface area contributed by atoms with Crippen molar-refractivity contribution in [3.05, 3.63) is 35.4 Å². The molecule has 1 aromatic rings. The van der Waals surface area contributed by atoms with E-state index < -0.39 is 9.84 Å². The molecule has 1 atom stereocenters. The van der Waals surface area contributed by atoms with Gasteiger partial charge in [0.25, 0.3) is 0 Å². The number of sulfone groups is 1. The van der Waals surface area contributed by atoms with Crippen LogP contribution in [0.15, 0.2) is 24.3 Å². The van der Waals surface area contributed by atoms with Crippen LogP contribution in [0.3, 0.4) is 0 Å². The van der Waals surface area contributed by atoms with E-state index in [-0.39, 0.29) is 17.5 Å². The maximum atomic E-state index is 11.6. The summed E-state index contributed by atoms with van der Waals surface area (Å²) in [4.78, 5) is 2.20. The summed E-state index contributed by atoms with van der Waals surface area (Å²) >= 11 is 0. The standard InChI is InChI=1S/C15H20N2O2S/c1-13-12-20(18,19)10-9-17(13)11-15-6-3-2-5-14(15)7-4-8-16/h2-3,5-6,13H,8-12,16H2,1H3. The van der Waals surface area contributed by atoms with Crippen LogP contribution in [0, 0.1) is 11.8 Å². The molecule has 0 amide bonds. The molecule has 0 saturated carbocycles. The zero-order valence-corrected chi connectivity index (χ0v) is 12.5. The van der Waals surface area contributed by atoms with Crippen molar-refractivity contribution in [3.8, 4) is 11.8 Å². The molecule has 20 heavy (non-hydrogen) atoms. The lowest BCUT2D eigenvalue weighted by molar-refractivity contribution is 0.218. The van der Waals surface area contributed by atoms with Gasteiger partial charge in [0.15, 0.2) is 9.84 Å². The third kappa shape index (κ3) is 3.83. The highest BCUT2D eigenvalue weighted by molar-refractivity contribution is 7.91. The molecule has 1 aliphatic heterocycles. The fourth-order valence-electron chi connectivity index (χ4n) is 2.41. The Hall–Kier alpha value is -1.35. The summed E-state index contributed by atoms with van der Waals surface area (Å²) in [6.07, 6.45) is 0. The molecule has 1 aliphatic rings. The van der Waals surface area contributed by atoms with Crippen molar-refractivity contribution in [1.82, 2.24) is 4.90 Å². The average Bonchev–Trinajstić information content (AvgIpc) is 2.40. The summed E-state index contributed by atoms with van der Waals surface area (Å²) in [5.41, 5.74) is 7.51. The Morgan fingerprint density at radius 1 is 1.40 bits per heavy atom. The van der Waals surface area contributed by atoms with Crippen LogP contribution in [0.4, 0.5) is 0 Å². The second kappa shape index (κ2) is 6.40. The lowest BCUT2D eigenvalue weighted by atomic mass is 10.1. The van der Waals surface area contributed by atoms with E-state index in [4.69, 9.17) is 5.73 Å². The SMILES string of the molecule is CC1CS(=O)(=O)CCN1Cc1ccccc1C#CCN. The molecule has 0 radical (unpaired) electrons. The summed E-state index contributed by atoms with van der Waals surface area (Å²) < 4.78 is 23.2. The summed E-state index contributed by atoms with van der Waals surface area (Å²) in [6.45, 7) is 3.62. The first kappa shape index (κ1) is 15.0. The first-order chi connectivity index (χ1) is 9.52. The number of benzene rings is 1. The first-order valence-corrected chi connectivity index (χ1v) is 8.55. The minimum Gasteiger partial charge on any atom is -0.320 e. The van der Waals surface area contributed by atoms with Gasteiger partial charge < -0.3 is 5.73 Å². The predicted octanol–water partition coefficient (Wildman–Crippen LogP) is 0.616. The number of nitrogens with two attached hydrogens (primary N) is 1. The highest BCUT2D eigenvalue weighted by Gasteiger charge is 2.28. The van der Waals surface area contributed by atoms with E-state index in [1.54, 1.807) is 0 Å². The lowest BCUT2D eigenvalue weighted by Gasteiger charge is -2.33. The highest BCUT2D eigenvalue weighted by atomic mass is 32.2. The Kier molecular flexibility index (Phi) is 4.81. The Bertz CT molecular complexity index is 629. The van der Waals surface area contributed by atoms with Crippen molar-refractivity contribution in [3.63, 3.8) is 0 Å². The Balaban J connectivity index is 2.15. The highest BCUT2D eigenvalue weighted by Crippen LogP contribution is 2.17. The van der Waals surface area contributed by atoms with E-state index in [0.29, 0.717) is 13.1 Å². The van der Waals surface area contributed by atoms with Crippen LogP contribution in [-0.4, -0.2) is 44.0 Å². The molecule has 108 valence electrons. The van der Waals surface area contributed by atoms with Crippen molar-refractivity contribution >= 4 is 9.84 Å². The molecule has 4 nitrogen and oxygen atoms in total. The molecule has 0 aromatic heterocycles. The monoisotopic (exact) mass is 292 g/mol. The zero-order valence-electron chi connectivity index (χ0n) is 11.7. The topological polar surface area (TPSA) is 63.4 Å². The number of nitrogens with zero attached hydrogens (tertiary/aromatic N) is 1. The Labute approximate surface area is 120 Å². The molecule has 0 bridgehead atoms. The lowest BCUT2D eigenvalue weighted by Crippen LogP contribution is -2.46. The van der Waals surface area contributed by atoms with Crippen LogP contribution in [-0.2, 0) is 16.4 Å². The molecule has 5 heteroatoms. The second-order valence-electron chi connectivity index (χ2n) is 5.10.